The van der Waals surface area contributed by atoms with Crippen LogP contribution in [-0.2, 0) is 4.79 Å². The number of likely N-dealkylation sites (N-methyl/N-ethyl adjacent to an activating group) is 1. The van der Waals surface area contributed by atoms with E-state index >= 15 is 0 Å². The fourth-order valence-corrected chi connectivity index (χ4v) is 4.70. The Kier molecular flexibility index (Phi) is 6.95. The zero-order valence-electron chi connectivity index (χ0n) is 20.9. The van der Waals surface area contributed by atoms with E-state index < -0.39 is 0 Å². The normalized spacial score (nSPS) is 17.3. The number of hydrogen-bond donors (Lipinski definition) is 2. The molecule has 2 fully saturated rings. The maximum atomic E-state index is 11.9. The van der Waals surface area contributed by atoms with E-state index in [-0.39, 0.29) is 12.0 Å². The average Bonchev–Trinajstić information content (AvgIpc) is 3.38. The lowest BCUT2D eigenvalue weighted by molar-refractivity contribution is -0.127. The van der Waals surface area contributed by atoms with Crippen molar-refractivity contribution < 1.29 is 14.3 Å². The largest absolute Gasteiger partial charge is 0.494 e. The Labute approximate surface area is 210 Å². The molecule has 1 aromatic carbocycles. The molecule has 3 aromatic rings. The van der Waals surface area contributed by atoms with Crippen molar-refractivity contribution in [2.75, 3.05) is 63.6 Å². The van der Waals surface area contributed by atoms with Gasteiger partial charge in [-0.15, -0.1) is 0 Å². The Bertz CT molecular complexity index is 1230. The molecular weight excluding hydrogens is 458 g/mol. The van der Waals surface area contributed by atoms with Gasteiger partial charge in [0, 0.05) is 70.1 Å². The third kappa shape index (κ3) is 5.08. The van der Waals surface area contributed by atoms with E-state index in [1.807, 2.05) is 18.3 Å². The predicted octanol–water partition coefficient (Wildman–Crippen LogP) is 3.02. The molecule has 0 radical (unpaired) electrons. The molecule has 2 aromatic heterocycles. The van der Waals surface area contributed by atoms with E-state index in [2.05, 4.69) is 50.8 Å². The van der Waals surface area contributed by atoms with Crippen molar-refractivity contribution in [3.05, 3.63) is 43.1 Å². The molecule has 2 aliphatic heterocycles. The number of piperidine rings is 1. The lowest BCUT2D eigenvalue weighted by atomic mass is 10.1. The van der Waals surface area contributed by atoms with Crippen LogP contribution in [0.5, 0.6) is 11.6 Å². The third-order valence-electron chi connectivity index (χ3n) is 6.89. The number of aromatic nitrogens is 3. The van der Waals surface area contributed by atoms with Gasteiger partial charge in [-0.25, -0.2) is 0 Å². The van der Waals surface area contributed by atoms with E-state index in [9.17, 15) is 4.79 Å². The molecular formula is C26H33N7O3. The topological polar surface area (TPSA) is 98.9 Å². The summed E-state index contributed by atoms with van der Waals surface area (Å²) in [6, 6.07) is 8.06. The monoisotopic (exact) mass is 491 g/mol. The highest BCUT2D eigenvalue weighted by Gasteiger charge is 2.24. The number of hydrogen-bond acceptors (Lipinski definition) is 8. The second-order valence-electron chi connectivity index (χ2n) is 9.24. The van der Waals surface area contributed by atoms with Gasteiger partial charge in [-0.1, -0.05) is 6.58 Å². The first kappa shape index (κ1) is 23.9. The molecule has 2 saturated heterocycles. The van der Waals surface area contributed by atoms with Crippen molar-refractivity contribution in [3.8, 4) is 11.6 Å². The lowest BCUT2D eigenvalue weighted by Gasteiger charge is -2.34. The Morgan fingerprint density at radius 3 is 2.64 bits per heavy atom. The summed E-state index contributed by atoms with van der Waals surface area (Å²) in [5, 5.41) is 4.13. The molecule has 0 spiro atoms. The lowest BCUT2D eigenvalue weighted by Crippen LogP contribution is -2.44. The number of ether oxygens (including phenoxy) is 2. The quantitative estimate of drug-likeness (QED) is 0.487. The highest BCUT2D eigenvalue weighted by molar-refractivity contribution is 5.87. The molecule has 0 unspecified atom stereocenters. The van der Waals surface area contributed by atoms with Crippen LogP contribution in [0.25, 0.3) is 11.0 Å². The molecule has 4 heterocycles. The van der Waals surface area contributed by atoms with E-state index in [0.717, 1.165) is 61.5 Å². The Hall–Kier alpha value is -3.79. The molecule has 0 bridgehead atoms. The zero-order chi connectivity index (χ0) is 25.1. The summed E-state index contributed by atoms with van der Waals surface area (Å²) >= 11 is 0. The van der Waals surface area contributed by atoms with Crippen LogP contribution in [0.15, 0.2) is 43.1 Å². The summed E-state index contributed by atoms with van der Waals surface area (Å²) in [6.07, 6.45) is 4.63. The minimum Gasteiger partial charge on any atom is -0.494 e. The molecule has 36 heavy (non-hydrogen) atoms. The van der Waals surface area contributed by atoms with Crippen LogP contribution in [0.4, 0.5) is 17.3 Å². The van der Waals surface area contributed by atoms with Gasteiger partial charge in [-0.2, -0.15) is 9.97 Å². The molecule has 5 rings (SSSR count). The van der Waals surface area contributed by atoms with Crippen molar-refractivity contribution in [3.63, 3.8) is 0 Å². The van der Waals surface area contributed by atoms with Gasteiger partial charge in [-0.3, -0.25) is 4.79 Å². The van der Waals surface area contributed by atoms with Crippen LogP contribution < -0.4 is 19.7 Å². The number of aromatic amines is 1. The van der Waals surface area contributed by atoms with Crippen molar-refractivity contribution in [1.82, 2.24) is 24.8 Å². The smallest absolute Gasteiger partial charge is 0.245 e. The molecule has 190 valence electrons. The summed E-state index contributed by atoms with van der Waals surface area (Å²) < 4.78 is 12.0. The number of rotatable bonds is 7. The first-order valence-corrected chi connectivity index (χ1v) is 12.4. The van der Waals surface area contributed by atoms with Crippen LogP contribution in [0.2, 0.25) is 0 Å². The summed E-state index contributed by atoms with van der Waals surface area (Å²) in [4.78, 5) is 30.9. The molecule has 0 saturated carbocycles. The van der Waals surface area contributed by atoms with Crippen LogP contribution in [0, 0.1) is 0 Å². The first-order valence-electron chi connectivity index (χ1n) is 12.4. The second-order valence-corrected chi connectivity index (χ2v) is 9.24. The number of anilines is 3. The van der Waals surface area contributed by atoms with Gasteiger partial charge in [0.2, 0.25) is 17.7 Å². The molecule has 2 aliphatic rings. The van der Waals surface area contributed by atoms with Gasteiger partial charge in [0.15, 0.2) is 0 Å². The maximum absolute atomic E-state index is 11.9. The number of fused-ring (bicyclic) bond motifs is 1. The van der Waals surface area contributed by atoms with Gasteiger partial charge in [0.1, 0.15) is 17.5 Å². The van der Waals surface area contributed by atoms with Crippen LogP contribution in [0.3, 0.4) is 0 Å². The van der Waals surface area contributed by atoms with Gasteiger partial charge >= 0.3 is 0 Å². The molecule has 0 aliphatic carbocycles. The molecule has 0 atom stereocenters. The van der Waals surface area contributed by atoms with Gasteiger partial charge in [0.25, 0.3) is 0 Å². The standard InChI is InChI=1S/C26H33N7O3/c1-4-23(34)33-11-8-19(9-12-33)36-25-20-7-10-27-24(20)29-26(30-25)28-21-6-5-18(17-22(21)35-3)32-15-13-31(2)14-16-32/h4-7,10,17,19H,1,8-9,11-16H2,2-3H3,(H2,27,28,29,30). The number of benzene rings is 1. The average molecular weight is 492 g/mol. The van der Waals surface area contributed by atoms with Crippen molar-refractivity contribution >= 4 is 34.3 Å². The Morgan fingerprint density at radius 2 is 1.92 bits per heavy atom. The van der Waals surface area contributed by atoms with Crippen LogP contribution >= 0.6 is 0 Å². The fraction of sp³-hybridized carbons (Fsp3) is 0.423. The summed E-state index contributed by atoms with van der Waals surface area (Å²) in [6.45, 7) is 8.90. The molecule has 2 N–H and O–H groups in total. The number of carbonyl (C=O) groups is 1. The van der Waals surface area contributed by atoms with Gasteiger partial charge in [-0.05, 0) is 31.3 Å². The SMILES string of the molecule is C=CC(=O)N1CCC(Oc2nc(Nc3ccc(N4CCN(C)CC4)cc3OC)nc3[nH]ccc23)CC1. The molecule has 10 nitrogen and oxygen atoms in total. The van der Waals surface area contributed by atoms with Crippen molar-refractivity contribution in [2.24, 2.45) is 0 Å². The summed E-state index contributed by atoms with van der Waals surface area (Å²) in [5.74, 6) is 1.63. The highest BCUT2D eigenvalue weighted by atomic mass is 16.5. The number of likely N-dealkylation sites (tertiary alicyclic amines) is 1. The Balaban J connectivity index is 1.33. The summed E-state index contributed by atoms with van der Waals surface area (Å²) in [5.41, 5.74) is 2.61. The van der Waals surface area contributed by atoms with Crippen LogP contribution in [-0.4, -0.2) is 90.2 Å². The molecule has 10 heteroatoms. The van der Waals surface area contributed by atoms with Crippen LogP contribution in [0.1, 0.15) is 12.8 Å². The maximum Gasteiger partial charge on any atom is 0.245 e. The van der Waals surface area contributed by atoms with Crippen molar-refractivity contribution in [2.45, 2.75) is 18.9 Å². The third-order valence-corrected chi connectivity index (χ3v) is 6.89. The number of amides is 1. The van der Waals surface area contributed by atoms with E-state index in [0.29, 0.717) is 30.6 Å². The van der Waals surface area contributed by atoms with Gasteiger partial charge in [0.05, 0.1) is 18.2 Å². The number of nitrogens with one attached hydrogen (secondary N) is 2. The second kappa shape index (κ2) is 10.4. The number of piperazine rings is 1. The number of methoxy groups -OCH3 is 1. The van der Waals surface area contributed by atoms with Gasteiger partial charge < -0.3 is 34.5 Å². The summed E-state index contributed by atoms with van der Waals surface area (Å²) in [7, 11) is 3.82. The fourth-order valence-electron chi connectivity index (χ4n) is 4.70. The minimum atomic E-state index is -0.0393. The minimum absolute atomic E-state index is 0.0304. The van der Waals surface area contributed by atoms with E-state index in [1.54, 1.807) is 12.0 Å². The predicted molar refractivity (Wildman–Crippen MR) is 140 cm³/mol. The first-order chi connectivity index (χ1) is 17.5. The van der Waals surface area contributed by atoms with Crippen molar-refractivity contribution in [1.29, 1.82) is 0 Å². The molecule has 1 amide bonds. The highest BCUT2D eigenvalue weighted by Crippen LogP contribution is 2.33. The zero-order valence-corrected chi connectivity index (χ0v) is 20.9. The number of H-pyrrole nitrogens is 1. The van der Waals surface area contributed by atoms with E-state index in [1.165, 1.54) is 6.08 Å². The Morgan fingerprint density at radius 1 is 1.14 bits per heavy atom. The van der Waals surface area contributed by atoms with E-state index in [4.69, 9.17) is 14.5 Å². The number of nitrogens with zero attached hydrogens (tertiary/aromatic N) is 5. The number of carbonyl (C=O) groups excluding carboxylic acids is 1.